The fourth-order valence-electron chi connectivity index (χ4n) is 3.33. The molecule has 21 heavy (non-hydrogen) atoms. The molecule has 0 unspecified atom stereocenters. The first-order chi connectivity index (χ1) is 10.1. The van der Waals surface area contributed by atoms with Crippen LogP contribution < -0.4 is 10.2 Å². The summed E-state index contributed by atoms with van der Waals surface area (Å²) in [5, 5.41) is 7.77. The fourth-order valence-corrected chi connectivity index (χ4v) is 3.33. The van der Waals surface area contributed by atoms with E-state index < -0.39 is 0 Å². The quantitative estimate of drug-likeness (QED) is 0.899. The number of amides is 1. The van der Waals surface area contributed by atoms with E-state index in [1.165, 1.54) is 0 Å². The summed E-state index contributed by atoms with van der Waals surface area (Å²) in [6, 6.07) is 2.07. The van der Waals surface area contributed by atoms with Crippen LogP contribution >= 0.6 is 0 Å². The van der Waals surface area contributed by atoms with Gasteiger partial charge < -0.3 is 10.1 Å². The average Bonchev–Trinajstić information content (AvgIpc) is 3.13. The van der Waals surface area contributed by atoms with Gasteiger partial charge in [0.25, 0.3) is 0 Å². The Hall–Kier alpha value is -1.40. The fraction of sp³-hybridized carbons (Fsp3) is 0.733. The van der Waals surface area contributed by atoms with E-state index in [0.29, 0.717) is 0 Å². The highest BCUT2D eigenvalue weighted by molar-refractivity contribution is 5.98. The summed E-state index contributed by atoms with van der Waals surface area (Å²) in [7, 11) is 1.88. The van der Waals surface area contributed by atoms with Gasteiger partial charge >= 0.3 is 0 Å². The van der Waals surface area contributed by atoms with Crippen LogP contribution in [-0.4, -0.2) is 47.0 Å². The molecule has 0 spiro atoms. The predicted molar refractivity (Wildman–Crippen MR) is 80.3 cm³/mol. The zero-order valence-electron chi connectivity index (χ0n) is 13.0. The van der Waals surface area contributed by atoms with Crippen molar-refractivity contribution in [2.45, 2.75) is 51.3 Å². The van der Waals surface area contributed by atoms with Gasteiger partial charge in [0.05, 0.1) is 17.8 Å². The first-order valence-electron chi connectivity index (χ1n) is 7.76. The number of aryl methyl sites for hydroxylation is 2. The Balaban J connectivity index is 1.64. The second-order valence-electron chi connectivity index (χ2n) is 6.11. The maximum atomic E-state index is 12.6. The van der Waals surface area contributed by atoms with Gasteiger partial charge in [-0.05, 0) is 33.1 Å². The van der Waals surface area contributed by atoms with Crippen molar-refractivity contribution >= 4 is 11.7 Å². The number of hydrogen-bond acceptors (Lipinski definition) is 4. The van der Waals surface area contributed by atoms with Crippen LogP contribution in [0.3, 0.4) is 0 Å². The van der Waals surface area contributed by atoms with Crippen molar-refractivity contribution < 1.29 is 9.53 Å². The molecule has 3 atom stereocenters. The minimum absolute atomic E-state index is 0.112. The molecule has 116 valence electrons. The minimum Gasteiger partial charge on any atom is -0.377 e. The number of carbonyl (C=O) groups is 1. The predicted octanol–water partition coefficient (Wildman–Crippen LogP) is 0.991. The monoisotopic (exact) mass is 292 g/mol. The van der Waals surface area contributed by atoms with Crippen LogP contribution in [0, 0.1) is 6.92 Å². The van der Waals surface area contributed by atoms with Crippen LogP contribution in [0.1, 0.15) is 31.9 Å². The summed E-state index contributed by atoms with van der Waals surface area (Å²) >= 11 is 0. The van der Waals surface area contributed by atoms with Gasteiger partial charge in [0, 0.05) is 32.3 Å². The van der Waals surface area contributed by atoms with Gasteiger partial charge in [0.1, 0.15) is 5.82 Å². The van der Waals surface area contributed by atoms with Crippen molar-refractivity contribution in [2.24, 2.45) is 7.05 Å². The first-order valence-corrected chi connectivity index (χ1v) is 7.76. The minimum atomic E-state index is -0.112. The summed E-state index contributed by atoms with van der Waals surface area (Å²) in [6.07, 6.45) is 3.28. The van der Waals surface area contributed by atoms with Crippen molar-refractivity contribution in [3.63, 3.8) is 0 Å². The third-order valence-electron chi connectivity index (χ3n) is 4.45. The Kier molecular flexibility index (Phi) is 3.99. The molecular formula is C15H24N4O2. The lowest BCUT2D eigenvalue weighted by Crippen LogP contribution is -2.47. The first kappa shape index (κ1) is 14.5. The van der Waals surface area contributed by atoms with Gasteiger partial charge in [-0.3, -0.25) is 14.4 Å². The number of rotatable bonds is 4. The highest BCUT2D eigenvalue weighted by atomic mass is 16.5. The van der Waals surface area contributed by atoms with E-state index in [2.05, 4.69) is 17.3 Å². The molecule has 2 aliphatic heterocycles. The van der Waals surface area contributed by atoms with Gasteiger partial charge in [0.15, 0.2) is 0 Å². The van der Waals surface area contributed by atoms with Gasteiger partial charge in [-0.15, -0.1) is 0 Å². The Labute approximate surface area is 125 Å². The standard InChI is InChI=1S/C15H24N4O2/c1-10-9-14(18(3)17-10)19-7-6-12(15(19)20)16-11(2)13-5-4-8-21-13/h9,11-13,16H,4-8H2,1-3H3/t11-,12-,13+/m0/s1. The van der Waals surface area contributed by atoms with Crippen molar-refractivity contribution in [3.05, 3.63) is 11.8 Å². The SMILES string of the molecule is Cc1cc(N2CC[C@H](N[C@@H](C)[C@H]3CCCO3)C2=O)n(C)n1. The molecule has 0 saturated carbocycles. The molecule has 0 radical (unpaired) electrons. The van der Waals surface area contributed by atoms with Crippen LogP contribution in [0.4, 0.5) is 5.82 Å². The number of aromatic nitrogens is 2. The molecule has 2 fully saturated rings. The van der Waals surface area contributed by atoms with Gasteiger partial charge in [-0.25, -0.2) is 0 Å². The summed E-state index contributed by atoms with van der Waals surface area (Å²) in [4.78, 5) is 14.4. The summed E-state index contributed by atoms with van der Waals surface area (Å²) in [5.41, 5.74) is 0.935. The molecule has 2 saturated heterocycles. The average molecular weight is 292 g/mol. The number of carbonyl (C=O) groups excluding carboxylic acids is 1. The van der Waals surface area contributed by atoms with Crippen LogP contribution in [0.25, 0.3) is 0 Å². The number of ether oxygens (including phenoxy) is 1. The van der Waals surface area contributed by atoms with Gasteiger partial charge in [0.2, 0.25) is 5.91 Å². The van der Waals surface area contributed by atoms with Crippen molar-refractivity contribution in [3.8, 4) is 0 Å². The maximum Gasteiger partial charge on any atom is 0.245 e. The Bertz CT molecular complexity index is 522. The zero-order chi connectivity index (χ0) is 15.0. The van der Waals surface area contributed by atoms with Gasteiger partial charge in [-0.2, -0.15) is 5.10 Å². The highest BCUT2D eigenvalue weighted by Crippen LogP contribution is 2.23. The van der Waals surface area contributed by atoms with Crippen molar-refractivity contribution in [1.29, 1.82) is 0 Å². The molecule has 3 rings (SSSR count). The molecular weight excluding hydrogens is 268 g/mol. The summed E-state index contributed by atoms with van der Waals surface area (Å²) in [6.45, 7) is 5.64. The van der Waals surface area contributed by atoms with Crippen molar-refractivity contribution in [2.75, 3.05) is 18.1 Å². The van der Waals surface area contributed by atoms with E-state index in [-0.39, 0.29) is 24.1 Å². The molecule has 6 heteroatoms. The second kappa shape index (κ2) is 5.77. The maximum absolute atomic E-state index is 12.6. The van der Waals surface area contributed by atoms with E-state index in [1.807, 2.05) is 24.9 Å². The Morgan fingerprint density at radius 1 is 1.48 bits per heavy atom. The zero-order valence-corrected chi connectivity index (χ0v) is 13.0. The summed E-state index contributed by atoms with van der Waals surface area (Å²) < 4.78 is 7.47. The molecule has 1 aromatic heterocycles. The van der Waals surface area contributed by atoms with Crippen molar-refractivity contribution in [1.82, 2.24) is 15.1 Å². The molecule has 6 nitrogen and oxygen atoms in total. The van der Waals surface area contributed by atoms with E-state index in [9.17, 15) is 4.79 Å². The topological polar surface area (TPSA) is 59.4 Å². The third-order valence-corrected chi connectivity index (χ3v) is 4.45. The van der Waals surface area contributed by atoms with E-state index in [4.69, 9.17) is 4.74 Å². The molecule has 0 bridgehead atoms. The van der Waals surface area contributed by atoms with Crippen LogP contribution in [0.15, 0.2) is 6.07 Å². The Morgan fingerprint density at radius 3 is 2.90 bits per heavy atom. The molecule has 1 amide bonds. The Morgan fingerprint density at radius 2 is 2.29 bits per heavy atom. The smallest absolute Gasteiger partial charge is 0.245 e. The number of nitrogens with one attached hydrogen (secondary N) is 1. The normalized spacial score (nSPS) is 27.6. The second-order valence-corrected chi connectivity index (χ2v) is 6.11. The molecule has 2 aliphatic rings. The van der Waals surface area contributed by atoms with E-state index in [1.54, 1.807) is 4.68 Å². The summed E-state index contributed by atoms with van der Waals surface area (Å²) in [5.74, 6) is 1.02. The number of hydrogen-bond donors (Lipinski definition) is 1. The van der Waals surface area contributed by atoms with E-state index in [0.717, 1.165) is 43.9 Å². The number of anilines is 1. The molecule has 0 aliphatic carbocycles. The van der Waals surface area contributed by atoms with E-state index >= 15 is 0 Å². The van der Waals surface area contributed by atoms with Gasteiger partial charge in [-0.1, -0.05) is 0 Å². The van der Waals surface area contributed by atoms with Crippen LogP contribution in [0.5, 0.6) is 0 Å². The lowest BCUT2D eigenvalue weighted by atomic mass is 10.1. The largest absolute Gasteiger partial charge is 0.377 e. The molecule has 3 heterocycles. The molecule has 1 N–H and O–H groups in total. The third kappa shape index (κ3) is 2.82. The van der Waals surface area contributed by atoms with Crippen LogP contribution in [0.2, 0.25) is 0 Å². The molecule has 0 aromatic carbocycles. The lowest BCUT2D eigenvalue weighted by molar-refractivity contribution is -0.119. The molecule has 1 aromatic rings. The lowest BCUT2D eigenvalue weighted by Gasteiger charge is -2.23. The number of nitrogens with zero attached hydrogens (tertiary/aromatic N) is 3. The highest BCUT2D eigenvalue weighted by Gasteiger charge is 2.36. The van der Waals surface area contributed by atoms with Crippen LogP contribution in [-0.2, 0) is 16.6 Å².